The van der Waals surface area contributed by atoms with E-state index in [1.165, 1.54) is 64.5 Å². The van der Waals surface area contributed by atoms with Crippen LogP contribution in [0, 0.1) is 5.92 Å². The predicted molar refractivity (Wildman–Crippen MR) is 61.0 cm³/mol. The van der Waals surface area contributed by atoms with E-state index >= 15 is 0 Å². The molecule has 0 atom stereocenters. The topological polar surface area (TPSA) is 21.5 Å². The van der Waals surface area contributed by atoms with E-state index in [4.69, 9.17) is 0 Å². The molecule has 15 heavy (non-hydrogen) atoms. The summed E-state index contributed by atoms with van der Waals surface area (Å²) in [4.78, 5) is 13.6. The van der Waals surface area contributed by atoms with Crippen molar-refractivity contribution in [1.29, 1.82) is 0 Å². The Hall–Kier alpha value is -0.370. The molecule has 0 aromatic carbocycles. The van der Waals surface area contributed by atoms with Crippen molar-refractivity contribution in [2.45, 2.75) is 51.4 Å². The normalized spacial score (nSPS) is 25.3. The number of hydrogen-bond donors (Lipinski definition) is 1. The quantitative estimate of drug-likeness (QED) is 0.743. The maximum atomic E-state index is 12.0. The zero-order chi connectivity index (χ0) is 10.5. The predicted octanol–water partition coefficient (Wildman–Crippen LogP) is 1.20. The van der Waals surface area contributed by atoms with Crippen molar-refractivity contribution < 1.29 is 9.69 Å². The first-order chi connectivity index (χ1) is 7.36. The van der Waals surface area contributed by atoms with Crippen LogP contribution in [0.5, 0.6) is 0 Å². The molecule has 1 aliphatic heterocycles. The third kappa shape index (κ3) is 3.30. The number of carbonyl (C=O) groups excluding carboxylic acids is 1. The van der Waals surface area contributed by atoms with Crippen LogP contribution >= 0.6 is 0 Å². The van der Waals surface area contributed by atoms with Crippen molar-refractivity contribution in [2.24, 2.45) is 5.92 Å². The molecule has 0 aromatic heterocycles. The van der Waals surface area contributed by atoms with Gasteiger partial charge in [-0.15, -0.1) is 0 Å². The van der Waals surface area contributed by atoms with E-state index in [1.54, 1.807) is 4.90 Å². The highest BCUT2D eigenvalue weighted by Crippen LogP contribution is 2.23. The van der Waals surface area contributed by atoms with Crippen LogP contribution in [-0.4, -0.2) is 25.4 Å². The van der Waals surface area contributed by atoms with Crippen LogP contribution in [0.2, 0.25) is 0 Å². The van der Waals surface area contributed by atoms with Crippen LogP contribution in [0.4, 0.5) is 0 Å². The number of quaternary nitrogens is 1. The minimum atomic E-state index is 0.424. The van der Waals surface area contributed by atoms with Crippen LogP contribution in [0.3, 0.4) is 0 Å². The molecule has 0 radical (unpaired) electrons. The molecule has 2 nitrogen and oxygen atoms in total. The van der Waals surface area contributed by atoms with Crippen LogP contribution in [0.15, 0.2) is 0 Å². The molecule has 2 fully saturated rings. The first-order valence-corrected chi connectivity index (χ1v) is 6.72. The minimum Gasteiger partial charge on any atom is -0.329 e. The fourth-order valence-corrected chi connectivity index (χ4v) is 3.04. The molecule has 1 saturated carbocycles. The van der Waals surface area contributed by atoms with Gasteiger partial charge in [0.25, 0.3) is 0 Å². The van der Waals surface area contributed by atoms with Crippen molar-refractivity contribution in [3.8, 4) is 0 Å². The van der Waals surface area contributed by atoms with Gasteiger partial charge in [-0.2, -0.15) is 0 Å². The molecule has 2 rings (SSSR count). The summed E-state index contributed by atoms with van der Waals surface area (Å²) >= 11 is 0. The highest BCUT2D eigenvalue weighted by Gasteiger charge is 2.25. The Morgan fingerprint density at radius 2 is 1.53 bits per heavy atom. The molecule has 0 aromatic rings. The molecular weight excluding hydrogens is 186 g/mol. The van der Waals surface area contributed by atoms with Gasteiger partial charge < -0.3 is 4.90 Å². The summed E-state index contributed by atoms with van der Waals surface area (Å²) in [5.41, 5.74) is 0. The smallest absolute Gasteiger partial charge is 0.189 e. The number of carbonyl (C=O) groups is 1. The van der Waals surface area contributed by atoms with Crippen LogP contribution in [0.25, 0.3) is 0 Å². The summed E-state index contributed by atoms with van der Waals surface area (Å²) in [5.74, 6) is 0.986. The maximum Gasteiger partial charge on any atom is 0.189 e. The number of likely N-dealkylation sites (tertiary alicyclic amines) is 1. The molecular formula is C13H24NO+. The lowest BCUT2D eigenvalue weighted by atomic mass is 9.86. The zero-order valence-electron chi connectivity index (χ0n) is 9.76. The van der Waals surface area contributed by atoms with Gasteiger partial charge in [0.2, 0.25) is 0 Å². The SMILES string of the molecule is O=C(C[NH+]1CCCCC1)C1CCCCC1. The summed E-state index contributed by atoms with van der Waals surface area (Å²) in [6.45, 7) is 3.29. The second-order valence-electron chi connectivity index (χ2n) is 5.29. The van der Waals surface area contributed by atoms with E-state index in [1.807, 2.05) is 0 Å². The minimum absolute atomic E-state index is 0.424. The number of Topliss-reactive ketones (excluding diaryl/α,β-unsaturated/α-hetero) is 1. The standard InChI is InChI=1S/C13H23NO/c15-13(12-7-3-1-4-8-12)11-14-9-5-2-6-10-14/h12H,1-11H2/p+1. The first kappa shape index (κ1) is 11.1. The van der Waals surface area contributed by atoms with Crippen molar-refractivity contribution in [3.05, 3.63) is 0 Å². The second-order valence-corrected chi connectivity index (χ2v) is 5.29. The van der Waals surface area contributed by atoms with Crippen molar-refractivity contribution in [3.63, 3.8) is 0 Å². The van der Waals surface area contributed by atoms with Gasteiger partial charge in [0, 0.05) is 5.92 Å². The third-order valence-electron chi connectivity index (χ3n) is 4.05. The monoisotopic (exact) mass is 210 g/mol. The summed E-state index contributed by atoms with van der Waals surface area (Å²) in [6.07, 6.45) is 10.3. The fraction of sp³-hybridized carbons (Fsp3) is 0.923. The Morgan fingerprint density at radius 3 is 2.20 bits per heavy atom. The molecule has 0 bridgehead atoms. The number of piperidine rings is 1. The molecule has 0 spiro atoms. The lowest BCUT2D eigenvalue weighted by Crippen LogP contribution is -3.13. The average molecular weight is 210 g/mol. The molecule has 1 aliphatic carbocycles. The molecule has 86 valence electrons. The lowest BCUT2D eigenvalue weighted by Gasteiger charge is -2.26. The van der Waals surface area contributed by atoms with Gasteiger partial charge >= 0.3 is 0 Å². The molecule has 1 heterocycles. The average Bonchev–Trinajstić information content (AvgIpc) is 2.31. The molecule has 0 unspecified atom stereocenters. The number of nitrogens with one attached hydrogen (secondary N) is 1. The second kappa shape index (κ2) is 5.64. The van der Waals surface area contributed by atoms with Crippen molar-refractivity contribution >= 4 is 5.78 Å². The number of rotatable bonds is 3. The van der Waals surface area contributed by atoms with Gasteiger partial charge in [-0.05, 0) is 32.1 Å². The fourth-order valence-electron chi connectivity index (χ4n) is 3.04. The summed E-state index contributed by atoms with van der Waals surface area (Å²) in [5, 5.41) is 0. The molecule has 2 heteroatoms. The van der Waals surface area contributed by atoms with Gasteiger partial charge in [0.05, 0.1) is 13.1 Å². The van der Waals surface area contributed by atoms with Gasteiger partial charge in [0.15, 0.2) is 5.78 Å². The van der Waals surface area contributed by atoms with E-state index < -0.39 is 0 Å². The Morgan fingerprint density at radius 1 is 0.933 bits per heavy atom. The van der Waals surface area contributed by atoms with Gasteiger partial charge in [-0.3, -0.25) is 4.79 Å². The van der Waals surface area contributed by atoms with E-state index in [0.717, 1.165) is 6.54 Å². The van der Waals surface area contributed by atoms with Crippen LogP contribution in [-0.2, 0) is 4.79 Å². The lowest BCUT2D eigenvalue weighted by molar-refractivity contribution is -0.896. The van der Waals surface area contributed by atoms with Crippen LogP contribution < -0.4 is 4.90 Å². The van der Waals surface area contributed by atoms with Gasteiger partial charge in [-0.1, -0.05) is 19.3 Å². The summed E-state index contributed by atoms with van der Waals surface area (Å²) in [7, 11) is 0. The maximum absolute atomic E-state index is 12.0. The largest absolute Gasteiger partial charge is 0.329 e. The van der Waals surface area contributed by atoms with E-state index in [9.17, 15) is 4.79 Å². The number of hydrogen-bond acceptors (Lipinski definition) is 1. The van der Waals surface area contributed by atoms with E-state index in [2.05, 4.69) is 0 Å². The zero-order valence-corrected chi connectivity index (χ0v) is 9.76. The summed E-state index contributed by atoms with van der Waals surface area (Å²) in [6, 6.07) is 0. The van der Waals surface area contributed by atoms with Gasteiger partial charge in [0.1, 0.15) is 6.54 Å². The highest BCUT2D eigenvalue weighted by atomic mass is 16.1. The van der Waals surface area contributed by atoms with Crippen LogP contribution in [0.1, 0.15) is 51.4 Å². The third-order valence-corrected chi connectivity index (χ3v) is 4.05. The molecule has 0 amide bonds. The van der Waals surface area contributed by atoms with Crippen molar-refractivity contribution in [2.75, 3.05) is 19.6 Å². The Kier molecular flexibility index (Phi) is 4.18. The number of ketones is 1. The molecule has 1 N–H and O–H groups in total. The Balaban J connectivity index is 1.74. The Labute approximate surface area is 93.0 Å². The molecule has 1 saturated heterocycles. The summed E-state index contributed by atoms with van der Waals surface area (Å²) < 4.78 is 0. The highest BCUT2D eigenvalue weighted by molar-refractivity contribution is 5.81. The first-order valence-electron chi connectivity index (χ1n) is 6.72. The Bertz CT molecular complexity index is 203. The van der Waals surface area contributed by atoms with Crippen molar-refractivity contribution in [1.82, 2.24) is 0 Å². The molecule has 2 aliphatic rings. The van der Waals surface area contributed by atoms with E-state index in [0.29, 0.717) is 11.7 Å². The van der Waals surface area contributed by atoms with E-state index in [-0.39, 0.29) is 0 Å². The van der Waals surface area contributed by atoms with Gasteiger partial charge in [-0.25, -0.2) is 0 Å².